The normalized spacial score (nSPS) is 31.1. The standard InChI is InChI=1S/C15H25NO4/c1-2-11-3-5-12(6-4-11)15(19)16-7-8-20-10-13(16)9-14(17)18/h11-13H,2-10H2,1H3,(H,17,18)/t11?,12?,13-/m0/s1. The van der Waals surface area contributed by atoms with Gasteiger partial charge in [0, 0.05) is 12.5 Å². The van der Waals surface area contributed by atoms with E-state index in [0.29, 0.717) is 19.8 Å². The lowest BCUT2D eigenvalue weighted by Crippen LogP contribution is -2.51. The minimum atomic E-state index is -0.868. The summed E-state index contributed by atoms with van der Waals surface area (Å²) in [5.74, 6) is 0.132. The van der Waals surface area contributed by atoms with Crippen molar-refractivity contribution < 1.29 is 19.4 Å². The zero-order valence-corrected chi connectivity index (χ0v) is 12.2. The molecule has 2 aliphatic rings. The molecule has 1 N–H and O–H groups in total. The second-order valence-corrected chi connectivity index (χ2v) is 5.98. The fourth-order valence-electron chi connectivity index (χ4n) is 3.37. The topological polar surface area (TPSA) is 66.8 Å². The summed E-state index contributed by atoms with van der Waals surface area (Å²) in [6, 6.07) is -0.294. The number of aliphatic carboxylic acids is 1. The monoisotopic (exact) mass is 283 g/mol. The number of morpholine rings is 1. The van der Waals surface area contributed by atoms with Gasteiger partial charge in [-0.15, -0.1) is 0 Å². The molecule has 1 amide bonds. The van der Waals surface area contributed by atoms with Crippen LogP contribution in [0.1, 0.15) is 45.4 Å². The highest BCUT2D eigenvalue weighted by Crippen LogP contribution is 2.32. The number of carbonyl (C=O) groups excluding carboxylic acids is 1. The van der Waals surface area contributed by atoms with Crippen molar-refractivity contribution in [2.24, 2.45) is 11.8 Å². The largest absolute Gasteiger partial charge is 0.481 e. The number of hydrogen-bond acceptors (Lipinski definition) is 3. The molecule has 1 saturated heterocycles. The second kappa shape index (κ2) is 7.07. The highest BCUT2D eigenvalue weighted by Gasteiger charge is 2.34. The van der Waals surface area contributed by atoms with E-state index >= 15 is 0 Å². The first-order valence-corrected chi connectivity index (χ1v) is 7.71. The Morgan fingerprint density at radius 2 is 1.95 bits per heavy atom. The van der Waals surface area contributed by atoms with Crippen molar-refractivity contribution in [3.63, 3.8) is 0 Å². The molecule has 2 fully saturated rings. The van der Waals surface area contributed by atoms with Gasteiger partial charge in [0.05, 0.1) is 25.7 Å². The quantitative estimate of drug-likeness (QED) is 0.855. The van der Waals surface area contributed by atoms with Crippen molar-refractivity contribution in [3.8, 4) is 0 Å². The SMILES string of the molecule is CCC1CCC(C(=O)N2CCOC[C@@H]2CC(=O)O)CC1. The summed E-state index contributed by atoms with van der Waals surface area (Å²) in [6.45, 7) is 3.61. The number of nitrogens with zero attached hydrogens (tertiary/aromatic N) is 1. The average molecular weight is 283 g/mol. The van der Waals surface area contributed by atoms with Crippen LogP contribution in [-0.4, -0.2) is 47.7 Å². The highest BCUT2D eigenvalue weighted by molar-refractivity contribution is 5.80. The Morgan fingerprint density at radius 3 is 2.55 bits per heavy atom. The van der Waals surface area contributed by atoms with Crippen LogP contribution >= 0.6 is 0 Å². The first-order valence-electron chi connectivity index (χ1n) is 7.71. The minimum absolute atomic E-state index is 0.0178. The molecule has 20 heavy (non-hydrogen) atoms. The Morgan fingerprint density at radius 1 is 1.25 bits per heavy atom. The smallest absolute Gasteiger partial charge is 0.305 e. The van der Waals surface area contributed by atoms with E-state index in [1.165, 1.54) is 6.42 Å². The fraction of sp³-hybridized carbons (Fsp3) is 0.867. The van der Waals surface area contributed by atoms with Crippen LogP contribution < -0.4 is 0 Å². The van der Waals surface area contributed by atoms with Crippen LogP contribution in [0.5, 0.6) is 0 Å². The number of carboxylic acids is 1. The maximum absolute atomic E-state index is 12.6. The Balaban J connectivity index is 1.94. The summed E-state index contributed by atoms with van der Waals surface area (Å²) in [6.07, 6.45) is 5.33. The maximum Gasteiger partial charge on any atom is 0.305 e. The number of rotatable bonds is 4. The van der Waals surface area contributed by atoms with Crippen LogP contribution in [-0.2, 0) is 14.3 Å². The third-order valence-electron chi connectivity index (χ3n) is 4.69. The molecule has 5 nitrogen and oxygen atoms in total. The average Bonchev–Trinajstić information content (AvgIpc) is 2.46. The van der Waals surface area contributed by atoms with Gasteiger partial charge in [0.2, 0.25) is 5.91 Å². The lowest BCUT2D eigenvalue weighted by atomic mass is 9.80. The molecule has 114 valence electrons. The molecule has 0 aromatic heterocycles. The van der Waals surface area contributed by atoms with Crippen LogP contribution in [0.4, 0.5) is 0 Å². The van der Waals surface area contributed by atoms with Gasteiger partial charge in [-0.3, -0.25) is 9.59 Å². The molecule has 0 aromatic carbocycles. The first-order chi connectivity index (χ1) is 9.61. The lowest BCUT2D eigenvalue weighted by molar-refractivity contribution is -0.150. The van der Waals surface area contributed by atoms with E-state index in [-0.39, 0.29) is 24.3 Å². The van der Waals surface area contributed by atoms with Crippen LogP contribution in [0.3, 0.4) is 0 Å². The van der Waals surface area contributed by atoms with Crippen LogP contribution in [0, 0.1) is 11.8 Å². The van der Waals surface area contributed by atoms with Crippen molar-refractivity contribution in [2.75, 3.05) is 19.8 Å². The van der Waals surface area contributed by atoms with Gasteiger partial charge in [0.1, 0.15) is 0 Å². The van der Waals surface area contributed by atoms with Gasteiger partial charge in [0.15, 0.2) is 0 Å². The third kappa shape index (κ3) is 3.72. The molecule has 0 bridgehead atoms. The molecular weight excluding hydrogens is 258 g/mol. The summed E-state index contributed by atoms with van der Waals surface area (Å²) in [7, 11) is 0. The van der Waals surface area contributed by atoms with Gasteiger partial charge in [-0.05, 0) is 31.6 Å². The van der Waals surface area contributed by atoms with Crippen molar-refractivity contribution in [3.05, 3.63) is 0 Å². The lowest BCUT2D eigenvalue weighted by Gasteiger charge is -2.38. The van der Waals surface area contributed by atoms with Crippen LogP contribution in [0.25, 0.3) is 0 Å². The van der Waals surface area contributed by atoms with E-state index in [1.54, 1.807) is 4.90 Å². The molecule has 1 aliphatic carbocycles. The minimum Gasteiger partial charge on any atom is -0.481 e. The van der Waals surface area contributed by atoms with Crippen molar-refractivity contribution >= 4 is 11.9 Å². The summed E-state index contributed by atoms with van der Waals surface area (Å²) in [5.41, 5.74) is 0. The van der Waals surface area contributed by atoms with Gasteiger partial charge in [-0.25, -0.2) is 0 Å². The van der Waals surface area contributed by atoms with E-state index < -0.39 is 5.97 Å². The van der Waals surface area contributed by atoms with Crippen LogP contribution in [0.2, 0.25) is 0 Å². The third-order valence-corrected chi connectivity index (χ3v) is 4.69. The second-order valence-electron chi connectivity index (χ2n) is 5.98. The number of carbonyl (C=O) groups is 2. The van der Waals surface area contributed by atoms with E-state index in [1.807, 2.05) is 0 Å². The zero-order valence-electron chi connectivity index (χ0n) is 12.2. The Labute approximate surface area is 120 Å². The van der Waals surface area contributed by atoms with Gasteiger partial charge >= 0.3 is 5.97 Å². The Bertz CT molecular complexity index is 350. The Kier molecular flexibility index (Phi) is 5.40. The molecule has 0 unspecified atom stereocenters. The first kappa shape index (κ1) is 15.3. The molecule has 1 heterocycles. The molecule has 5 heteroatoms. The molecule has 1 aliphatic heterocycles. The van der Waals surface area contributed by atoms with Gasteiger partial charge in [0.25, 0.3) is 0 Å². The predicted molar refractivity (Wildman–Crippen MR) is 74.3 cm³/mol. The van der Waals surface area contributed by atoms with E-state index in [0.717, 1.165) is 31.6 Å². The van der Waals surface area contributed by atoms with E-state index in [2.05, 4.69) is 6.92 Å². The van der Waals surface area contributed by atoms with Crippen molar-refractivity contribution in [1.29, 1.82) is 0 Å². The van der Waals surface area contributed by atoms with Gasteiger partial charge in [-0.1, -0.05) is 13.3 Å². The molecular formula is C15H25NO4. The molecule has 1 atom stereocenters. The molecule has 0 radical (unpaired) electrons. The molecule has 0 spiro atoms. The fourth-order valence-corrected chi connectivity index (χ4v) is 3.37. The summed E-state index contributed by atoms with van der Waals surface area (Å²) < 4.78 is 5.33. The van der Waals surface area contributed by atoms with Gasteiger partial charge < -0.3 is 14.7 Å². The van der Waals surface area contributed by atoms with Crippen LogP contribution in [0.15, 0.2) is 0 Å². The van der Waals surface area contributed by atoms with E-state index in [9.17, 15) is 9.59 Å². The van der Waals surface area contributed by atoms with E-state index in [4.69, 9.17) is 9.84 Å². The highest BCUT2D eigenvalue weighted by atomic mass is 16.5. The Hall–Kier alpha value is -1.10. The summed E-state index contributed by atoms with van der Waals surface area (Å²) >= 11 is 0. The molecule has 0 aromatic rings. The van der Waals surface area contributed by atoms with Gasteiger partial charge in [-0.2, -0.15) is 0 Å². The molecule has 2 rings (SSSR count). The zero-order chi connectivity index (χ0) is 14.5. The predicted octanol–water partition coefficient (Wildman–Crippen LogP) is 1.90. The molecule has 1 saturated carbocycles. The van der Waals surface area contributed by atoms with Crippen molar-refractivity contribution in [1.82, 2.24) is 4.90 Å². The summed E-state index contributed by atoms with van der Waals surface area (Å²) in [4.78, 5) is 25.3. The number of hydrogen-bond donors (Lipinski definition) is 1. The number of carboxylic acid groups (broad SMARTS) is 1. The number of amides is 1. The van der Waals surface area contributed by atoms with Crippen molar-refractivity contribution in [2.45, 2.75) is 51.5 Å². The summed E-state index contributed by atoms with van der Waals surface area (Å²) in [5, 5.41) is 8.95. The maximum atomic E-state index is 12.6. The number of ether oxygens (including phenoxy) is 1.